The van der Waals surface area contributed by atoms with Crippen LogP contribution in [0.4, 0.5) is 5.13 Å². The SMILES string of the molecule is C=C(C)c1cnc(NC=O)s1.CNC(C)(C)C.Cc1cccc(Cl)c1C. The van der Waals surface area contributed by atoms with E-state index in [1.807, 2.05) is 33.0 Å². The number of aryl methyl sites for hydroxylation is 1. The summed E-state index contributed by atoms with van der Waals surface area (Å²) < 4.78 is 0. The van der Waals surface area contributed by atoms with E-state index < -0.39 is 0 Å². The Labute approximate surface area is 166 Å². The van der Waals surface area contributed by atoms with Gasteiger partial charge in [-0.25, -0.2) is 4.98 Å². The highest BCUT2D eigenvalue weighted by Crippen LogP contribution is 2.22. The van der Waals surface area contributed by atoms with Crippen LogP contribution >= 0.6 is 22.9 Å². The molecule has 1 aromatic heterocycles. The second-order valence-corrected chi connectivity index (χ2v) is 8.19. The Bertz CT molecular complexity index is 685. The molecule has 0 spiro atoms. The predicted molar refractivity (Wildman–Crippen MR) is 116 cm³/mol. The normalized spacial score (nSPS) is 10.0. The van der Waals surface area contributed by atoms with Gasteiger partial charge in [0, 0.05) is 16.8 Å². The van der Waals surface area contributed by atoms with Gasteiger partial charge in [0.25, 0.3) is 0 Å². The van der Waals surface area contributed by atoms with Gasteiger partial charge in [-0.2, -0.15) is 0 Å². The zero-order valence-corrected chi connectivity index (χ0v) is 18.3. The number of nitrogens with zero attached hydrogens (tertiary/aromatic N) is 1. The third-order valence-electron chi connectivity index (χ3n) is 3.40. The Morgan fingerprint density at radius 3 is 2.23 bits per heavy atom. The number of nitrogens with one attached hydrogen (secondary N) is 2. The van der Waals surface area contributed by atoms with Crippen LogP contribution in [0.5, 0.6) is 0 Å². The van der Waals surface area contributed by atoms with Gasteiger partial charge in [-0.05, 0) is 71.4 Å². The molecule has 0 atom stereocenters. The number of hydrogen-bond acceptors (Lipinski definition) is 4. The van der Waals surface area contributed by atoms with E-state index in [-0.39, 0.29) is 0 Å². The van der Waals surface area contributed by atoms with Crippen molar-refractivity contribution in [2.75, 3.05) is 12.4 Å². The Hall–Kier alpha value is -1.69. The minimum atomic E-state index is 0.292. The number of carbonyl (C=O) groups excluding carboxylic acids is 1. The van der Waals surface area contributed by atoms with Crippen molar-refractivity contribution in [3.63, 3.8) is 0 Å². The number of thiazole rings is 1. The first-order valence-electron chi connectivity index (χ1n) is 8.24. The largest absolute Gasteiger partial charge is 0.315 e. The molecule has 0 aliphatic carbocycles. The number of anilines is 1. The first-order valence-corrected chi connectivity index (χ1v) is 9.43. The van der Waals surface area contributed by atoms with Crippen LogP contribution in [-0.4, -0.2) is 24.0 Å². The van der Waals surface area contributed by atoms with Gasteiger partial charge in [0.1, 0.15) is 0 Å². The first kappa shape index (κ1) is 24.3. The molecule has 0 aliphatic rings. The van der Waals surface area contributed by atoms with Gasteiger partial charge in [0.2, 0.25) is 6.41 Å². The molecule has 144 valence electrons. The van der Waals surface area contributed by atoms with Crippen LogP contribution in [-0.2, 0) is 4.79 Å². The van der Waals surface area contributed by atoms with Crippen LogP contribution in [0.1, 0.15) is 43.7 Å². The smallest absolute Gasteiger partial charge is 0.213 e. The first-order chi connectivity index (χ1) is 12.0. The maximum Gasteiger partial charge on any atom is 0.213 e. The van der Waals surface area contributed by atoms with Crippen molar-refractivity contribution in [1.82, 2.24) is 10.3 Å². The van der Waals surface area contributed by atoms with Crippen LogP contribution in [0.25, 0.3) is 5.57 Å². The standard InChI is InChI=1S/C8H9Cl.C7H8N2OS.C5H13N/c1-6-4-3-5-8(9)7(6)2;1-5(2)6-3-8-7(11-6)9-4-10;1-5(2,3)6-4/h3-5H,1-2H3;3-4H,1H2,2H3,(H,8,9,10);6H,1-4H3. The van der Waals surface area contributed by atoms with E-state index in [0.29, 0.717) is 17.1 Å². The van der Waals surface area contributed by atoms with Crippen LogP contribution in [0.3, 0.4) is 0 Å². The minimum Gasteiger partial charge on any atom is -0.315 e. The molecule has 2 N–H and O–H groups in total. The number of rotatable bonds is 3. The van der Waals surface area contributed by atoms with Gasteiger partial charge in [-0.3, -0.25) is 4.79 Å². The molecular formula is C20H30ClN3OS. The van der Waals surface area contributed by atoms with Gasteiger partial charge >= 0.3 is 0 Å². The Balaban J connectivity index is 0.000000378. The molecule has 0 bridgehead atoms. The fourth-order valence-corrected chi connectivity index (χ4v) is 2.23. The number of hydrogen-bond donors (Lipinski definition) is 2. The Morgan fingerprint density at radius 1 is 1.31 bits per heavy atom. The summed E-state index contributed by atoms with van der Waals surface area (Å²) >= 11 is 7.23. The van der Waals surface area contributed by atoms with Crippen LogP contribution in [0, 0.1) is 13.8 Å². The zero-order valence-electron chi connectivity index (χ0n) is 16.7. The molecule has 0 unspecified atom stereocenters. The van der Waals surface area contributed by atoms with Crippen molar-refractivity contribution < 1.29 is 4.79 Å². The van der Waals surface area contributed by atoms with Gasteiger partial charge in [-0.1, -0.05) is 41.6 Å². The molecule has 0 radical (unpaired) electrons. The highest BCUT2D eigenvalue weighted by molar-refractivity contribution is 7.16. The summed E-state index contributed by atoms with van der Waals surface area (Å²) in [7, 11) is 1.96. The molecule has 0 saturated heterocycles. The third kappa shape index (κ3) is 10.3. The number of halogens is 1. The van der Waals surface area contributed by atoms with Crippen LogP contribution < -0.4 is 10.6 Å². The van der Waals surface area contributed by atoms with E-state index >= 15 is 0 Å². The molecule has 6 heteroatoms. The average Bonchev–Trinajstić information content (AvgIpc) is 3.02. The maximum absolute atomic E-state index is 9.99. The second-order valence-electron chi connectivity index (χ2n) is 6.75. The summed E-state index contributed by atoms with van der Waals surface area (Å²) in [6, 6.07) is 5.93. The lowest BCUT2D eigenvalue weighted by Gasteiger charge is -2.15. The van der Waals surface area contributed by atoms with Gasteiger partial charge in [-0.15, -0.1) is 0 Å². The van der Waals surface area contributed by atoms with Gasteiger partial charge in [0.15, 0.2) is 5.13 Å². The molecule has 0 aliphatic heterocycles. The molecular weight excluding hydrogens is 366 g/mol. The van der Waals surface area contributed by atoms with E-state index in [2.05, 4.69) is 56.0 Å². The lowest BCUT2D eigenvalue weighted by Crippen LogP contribution is -2.31. The molecule has 0 fully saturated rings. The van der Waals surface area contributed by atoms with E-state index in [1.54, 1.807) is 6.20 Å². The highest BCUT2D eigenvalue weighted by Gasteiger charge is 2.02. The van der Waals surface area contributed by atoms with Crippen LogP contribution in [0.15, 0.2) is 31.0 Å². The highest BCUT2D eigenvalue weighted by atomic mass is 35.5. The number of amides is 1. The lowest BCUT2D eigenvalue weighted by molar-refractivity contribution is -0.105. The van der Waals surface area contributed by atoms with Crippen molar-refractivity contribution in [2.24, 2.45) is 0 Å². The van der Waals surface area contributed by atoms with Crippen molar-refractivity contribution in [1.29, 1.82) is 0 Å². The second kappa shape index (κ2) is 11.8. The number of allylic oxidation sites excluding steroid dienone is 1. The quantitative estimate of drug-likeness (QED) is 0.655. The summed E-state index contributed by atoms with van der Waals surface area (Å²) in [5, 5.41) is 7.04. The summed E-state index contributed by atoms with van der Waals surface area (Å²) in [5.74, 6) is 0. The van der Waals surface area contributed by atoms with Crippen molar-refractivity contribution >= 4 is 40.1 Å². The summed E-state index contributed by atoms with van der Waals surface area (Å²) in [4.78, 5) is 14.9. The lowest BCUT2D eigenvalue weighted by atomic mass is 10.1. The maximum atomic E-state index is 9.99. The van der Waals surface area contributed by atoms with Crippen LogP contribution in [0.2, 0.25) is 5.02 Å². The third-order valence-corrected chi connectivity index (χ3v) is 4.90. The fourth-order valence-electron chi connectivity index (χ4n) is 1.30. The molecule has 2 rings (SSSR count). The van der Waals surface area contributed by atoms with Crippen molar-refractivity contribution in [3.8, 4) is 0 Å². The number of carbonyl (C=O) groups is 1. The Kier molecular flexibility index (Phi) is 11.1. The summed E-state index contributed by atoms with van der Waals surface area (Å²) in [5.41, 5.74) is 3.68. The fraction of sp³-hybridized carbons (Fsp3) is 0.400. The van der Waals surface area contributed by atoms with Crippen molar-refractivity contribution in [2.45, 2.75) is 47.1 Å². The van der Waals surface area contributed by atoms with E-state index in [1.165, 1.54) is 22.5 Å². The summed E-state index contributed by atoms with van der Waals surface area (Å²) in [6.45, 7) is 16.1. The molecule has 0 saturated carbocycles. The van der Waals surface area contributed by atoms with Gasteiger partial charge < -0.3 is 10.6 Å². The monoisotopic (exact) mass is 395 g/mol. The number of benzene rings is 1. The molecule has 2 aromatic rings. The Morgan fingerprint density at radius 2 is 1.88 bits per heavy atom. The molecule has 1 heterocycles. The molecule has 1 aromatic carbocycles. The van der Waals surface area contributed by atoms with E-state index in [4.69, 9.17) is 11.6 Å². The average molecular weight is 396 g/mol. The summed E-state index contributed by atoms with van der Waals surface area (Å²) in [6.07, 6.45) is 2.31. The molecule has 26 heavy (non-hydrogen) atoms. The van der Waals surface area contributed by atoms with Gasteiger partial charge in [0.05, 0.1) is 4.88 Å². The zero-order chi connectivity index (χ0) is 20.3. The predicted octanol–water partition coefficient (Wildman–Crippen LogP) is 5.71. The van der Waals surface area contributed by atoms with E-state index in [0.717, 1.165) is 15.5 Å². The number of aromatic nitrogens is 1. The van der Waals surface area contributed by atoms with Crippen molar-refractivity contribution in [3.05, 3.63) is 52.0 Å². The topological polar surface area (TPSA) is 54.0 Å². The van der Waals surface area contributed by atoms with E-state index in [9.17, 15) is 4.79 Å². The minimum absolute atomic E-state index is 0.292. The molecule has 1 amide bonds. The molecule has 4 nitrogen and oxygen atoms in total.